The first-order chi connectivity index (χ1) is 14.0. The van der Waals surface area contributed by atoms with E-state index in [1.54, 1.807) is 5.92 Å². The number of allylic oxidation sites excluding steroid dienone is 1. The van der Waals surface area contributed by atoms with Crippen molar-refractivity contribution in [3.05, 3.63) is 24.6 Å². The normalized spacial score (nSPS) is 32.8. The van der Waals surface area contributed by atoms with Gasteiger partial charge in [-0.1, -0.05) is 12.5 Å². The van der Waals surface area contributed by atoms with Gasteiger partial charge in [-0.15, -0.1) is 6.42 Å². The number of halogens is 1. The minimum absolute atomic E-state index is 0.171. The number of hydrogen-bond donors (Lipinski definition) is 6. The van der Waals surface area contributed by atoms with E-state index in [0.717, 1.165) is 6.20 Å². The Kier molecular flexibility index (Phi) is 7.36. The molecular weight excluding hydrogens is 492 g/mol. The number of phosphoric acid groups is 3. The van der Waals surface area contributed by atoms with Crippen LogP contribution in [0.2, 0.25) is 0 Å². The number of alkyl halides is 1. The molecule has 31 heavy (non-hydrogen) atoms. The van der Waals surface area contributed by atoms with Crippen LogP contribution in [0.5, 0.6) is 0 Å². The molecule has 0 aromatic carbocycles. The molecule has 0 aromatic heterocycles. The number of aliphatic hydroxyl groups is 1. The van der Waals surface area contributed by atoms with Gasteiger partial charge in [0.15, 0.2) is 12.4 Å². The third kappa shape index (κ3) is 6.30. The average molecular weight is 508 g/mol. The van der Waals surface area contributed by atoms with E-state index in [1.807, 2.05) is 0 Å². The van der Waals surface area contributed by atoms with Crippen molar-refractivity contribution in [3.8, 4) is 12.3 Å². The summed E-state index contributed by atoms with van der Waals surface area (Å²) in [6.07, 6.45) is 1.28. The van der Waals surface area contributed by atoms with Gasteiger partial charge in [-0.25, -0.2) is 22.9 Å². The Hall–Kier alpha value is -1.43. The summed E-state index contributed by atoms with van der Waals surface area (Å²) in [4.78, 5) is 48.2. The number of terminal acetylenes is 1. The maximum atomic E-state index is 14.7. The number of carbonyl (C=O) groups is 1. The molecule has 0 spiro atoms. The van der Waals surface area contributed by atoms with Gasteiger partial charge in [0, 0.05) is 11.9 Å². The van der Waals surface area contributed by atoms with Crippen molar-refractivity contribution in [1.29, 1.82) is 0 Å². The van der Waals surface area contributed by atoms with Crippen LogP contribution in [-0.2, 0) is 31.6 Å². The molecule has 6 N–H and O–H groups in total. The molecule has 0 saturated carbocycles. The highest BCUT2D eigenvalue weighted by atomic mass is 31.3. The van der Waals surface area contributed by atoms with Gasteiger partial charge in [-0.2, -0.15) is 8.62 Å². The van der Waals surface area contributed by atoms with Crippen LogP contribution in [0.3, 0.4) is 0 Å². The summed E-state index contributed by atoms with van der Waals surface area (Å²) in [5.41, 5.74) is -2.57. The zero-order valence-corrected chi connectivity index (χ0v) is 17.7. The molecule has 1 saturated heterocycles. The third-order valence-corrected chi connectivity index (χ3v) is 7.47. The first kappa shape index (κ1) is 25.8. The van der Waals surface area contributed by atoms with E-state index in [1.165, 1.54) is 6.08 Å². The van der Waals surface area contributed by atoms with E-state index in [9.17, 15) is 32.9 Å². The molecule has 1 fully saturated rings. The molecule has 2 aliphatic heterocycles. The Morgan fingerprint density at radius 1 is 1.29 bits per heavy atom. The minimum atomic E-state index is -5.79. The Labute approximate surface area is 173 Å². The summed E-state index contributed by atoms with van der Waals surface area (Å²) in [5.74, 6) is 1.73. The second-order valence-electron chi connectivity index (χ2n) is 5.96. The Morgan fingerprint density at radius 3 is 2.42 bits per heavy atom. The maximum Gasteiger partial charge on any atom is 0.490 e. The standard InChI is InChI=1S/C12H16FN2O13P3/c1-3-12(17)9(13)8(26-10(12)15-5-4-7(2)14-11(15)16)6-25-30(21,22)28-31(23,24)27-29(18,19)20/h1,4-5,8-10,17H,2,6H2,(H,14,16)(H,21,22)(H,23,24)(H2,18,19,20)/t8-,9?,10-,12-/m1/s1. The molecule has 19 heteroatoms. The number of nitrogens with one attached hydrogen (secondary N) is 1. The summed E-state index contributed by atoms with van der Waals surface area (Å²) in [7, 11) is -17.0. The van der Waals surface area contributed by atoms with Gasteiger partial charge in [0.2, 0.25) is 5.60 Å². The molecule has 2 amide bonds. The highest BCUT2D eigenvalue weighted by Crippen LogP contribution is 2.66. The van der Waals surface area contributed by atoms with Crippen LogP contribution < -0.4 is 5.32 Å². The molecule has 2 heterocycles. The molecule has 6 atom stereocenters. The summed E-state index contributed by atoms with van der Waals surface area (Å²) in [5, 5.41) is 12.7. The lowest BCUT2D eigenvalue weighted by Crippen LogP contribution is -2.56. The summed E-state index contributed by atoms with van der Waals surface area (Å²) in [6, 6.07) is -0.896. The number of nitrogens with zero attached hydrogens (tertiary/aromatic N) is 1. The number of phosphoric ester groups is 1. The fourth-order valence-corrected chi connectivity index (χ4v) is 5.48. The summed E-state index contributed by atoms with van der Waals surface area (Å²) in [6.45, 7) is 2.24. The number of carbonyl (C=O) groups excluding carboxylic acids is 1. The van der Waals surface area contributed by atoms with Crippen molar-refractivity contribution >= 4 is 29.5 Å². The topological polar surface area (TPSA) is 222 Å². The van der Waals surface area contributed by atoms with E-state index in [-0.39, 0.29) is 5.70 Å². The summed E-state index contributed by atoms with van der Waals surface area (Å²) >= 11 is 0. The molecule has 0 aromatic rings. The second-order valence-corrected chi connectivity index (χ2v) is 10.4. The molecular formula is C12H16FN2O13P3. The second kappa shape index (κ2) is 8.84. The van der Waals surface area contributed by atoms with E-state index < -0.39 is 60.2 Å². The van der Waals surface area contributed by atoms with Crippen molar-refractivity contribution in [3.63, 3.8) is 0 Å². The molecule has 2 aliphatic rings. The van der Waals surface area contributed by atoms with Gasteiger partial charge in [0.1, 0.15) is 6.10 Å². The Bertz CT molecular complexity index is 975. The predicted octanol–water partition coefficient (Wildman–Crippen LogP) is -0.190. The quantitative estimate of drug-likeness (QED) is 0.185. The first-order valence-corrected chi connectivity index (χ1v) is 12.3. The highest BCUT2D eigenvalue weighted by molar-refractivity contribution is 7.66. The number of ether oxygens (including phenoxy) is 1. The van der Waals surface area contributed by atoms with E-state index in [0.29, 0.717) is 4.90 Å². The van der Waals surface area contributed by atoms with Gasteiger partial charge in [-0.05, 0) is 6.08 Å². The van der Waals surface area contributed by atoms with Gasteiger partial charge in [0.25, 0.3) is 0 Å². The fourth-order valence-electron chi connectivity index (χ4n) is 2.45. The third-order valence-electron chi connectivity index (χ3n) is 3.67. The lowest BCUT2D eigenvalue weighted by atomic mass is 9.96. The molecule has 0 bridgehead atoms. The number of rotatable bonds is 8. The van der Waals surface area contributed by atoms with Crippen molar-refractivity contribution in [2.45, 2.75) is 24.1 Å². The lowest BCUT2D eigenvalue weighted by molar-refractivity contribution is -0.0843. The molecule has 174 valence electrons. The highest BCUT2D eigenvalue weighted by Gasteiger charge is 2.59. The lowest BCUT2D eigenvalue weighted by Gasteiger charge is -2.33. The van der Waals surface area contributed by atoms with Crippen molar-refractivity contribution < 1.29 is 65.4 Å². The van der Waals surface area contributed by atoms with Crippen LogP contribution >= 0.6 is 23.5 Å². The average Bonchev–Trinajstić information content (AvgIpc) is 2.82. The van der Waals surface area contributed by atoms with Crippen molar-refractivity contribution in [2.75, 3.05) is 6.61 Å². The van der Waals surface area contributed by atoms with Gasteiger partial charge in [-0.3, -0.25) is 9.42 Å². The van der Waals surface area contributed by atoms with E-state index in [4.69, 9.17) is 25.8 Å². The summed E-state index contributed by atoms with van der Waals surface area (Å²) < 4.78 is 64.8. The number of urea groups is 1. The number of amides is 2. The Balaban J connectivity index is 2.13. The monoisotopic (exact) mass is 508 g/mol. The Morgan fingerprint density at radius 2 is 1.90 bits per heavy atom. The van der Waals surface area contributed by atoms with Crippen LogP contribution in [0, 0.1) is 12.3 Å². The smallest absolute Gasteiger partial charge is 0.371 e. The zero-order valence-electron chi connectivity index (χ0n) is 15.0. The van der Waals surface area contributed by atoms with Crippen molar-refractivity contribution in [1.82, 2.24) is 10.2 Å². The maximum absolute atomic E-state index is 14.7. The van der Waals surface area contributed by atoms with Crippen molar-refractivity contribution in [2.24, 2.45) is 0 Å². The van der Waals surface area contributed by atoms with Gasteiger partial charge < -0.3 is 34.7 Å². The van der Waals surface area contributed by atoms with Crippen LogP contribution in [0.15, 0.2) is 24.6 Å². The van der Waals surface area contributed by atoms with Crippen LogP contribution in [-0.4, -0.2) is 66.3 Å². The van der Waals surface area contributed by atoms with Crippen LogP contribution in [0.25, 0.3) is 0 Å². The van der Waals surface area contributed by atoms with E-state index in [2.05, 4.69) is 25.0 Å². The van der Waals surface area contributed by atoms with Crippen LogP contribution in [0.4, 0.5) is 9.18 Å². The fraction of sp³-hybridized carbons (Fsp3) is 0.417. The molecule has 3 unspecified atom stereocenters. The predicted molar refractivity (Wildman–Crippen MR) is 95.8 cm³/mol. The largest absolute Gasteiger partial charge is 0.490 e. The molecule has 0 radical (unpaired) electrons. The molecule has 15 nitrogen and oxygen atoms in total. The zero-order chi connectivity index (χ0) is 23.8. The SMILES string of the molecule is C#C[C@@]1(O)C(F)[C@@H](COP(=O)(O)OP(=O)(O)OP(=O)(O)O)O[C@H]1N1C=CC(=C)NC1=O. The van der Waals surface area contributed by atoms with Gasteiger partial charge in [0.05, 0.1) is 6.61 Å². The molecule has 0 aliphatic carbocycles. The minimum Gasteiger partial charge on any atom is -0.371 e. The first-order valence-electron chi connectivity index (χ1n) is 7.74. The van der Waals surface area contributed by atoms with Gasteiger partial charge >= 0.3 is 29.5 Å². The molecule has 2 rings (SSSR count). The van der Waals surface area contributed by atoms with Crippen LogP contribution in [0.1, 0.15) is 0 Å². The van der Waals surface area contributed by atoms with E-state index >= 15 is 0 Å². The number of hydrogen-bond acceptors (Lipinski definition) is 9.